The van der Waals surface area contributed by atoms with Gasteiger partial charge in [-0.2, -0.15) is 4.90 Å². The van der Waals surface area contributed by atoms with Crippen LogP contribution in [0, 0.1) is 5.82 Å². The maximum absolute atomic E-state index is 13.3. The topological polar surface area (TPSA) is 65.1 Å². The number of carbonyl (C=O) groups excluding carboxylic acids is 2. The van der Waals surface area contributed by atoms with E-state index >= 15 is 0 Å². The summed E-state index contributed by atoms with van der Waals surface area (Å²) in [4.78, 5) is 26.2. The predicted molar refractivity (Wildman–Crippen MR) is 117 cm³/mol. The van der Waals surface area contributed by atoms with Gasteiger partial charge in [0.15, 0.2) is 0 Å². The lowest BCUT2D eigenvalue weighted by Crippen LogP contribution is -2.43. The summed E-state index contributed by atoms with van der Waals surface area (Å²) >= 11 is 6.32. The molecule has 0 aliphatic heterocycles. The number of ether oxygens (including phenoxy) is 3. The van der Waals surface area contributed by atoms with E-state index in [0.29, 0.717) is 11.3 Å². The van der Waals surface area contributed by atoms with E-state index in [4.69, 9.17) is 25.8 Å². The lowest BCUT2D eigenvalue weighted by molar-refractivity contribution is 0.0430. The average Bonchev–Trinajstić information content (AvgIpc) is 2.58. The zero-order valence-corrected chi connectivity index (χ0v) is 19.2. The second kappa shape index (κ2) is 9.56. The van der Waals surface area contributed by atoms with Gasteiger partial charge in [0.05, 0.1) is 10.7 Å². The van der Waals surface area contributed by atoms with Crippen LogP contribution in [0.3, 0.4) is 0 Å². The highest BCUT2D eigenvalue weighted by molar-refractivity contribution is 6.32. The number of rotatable bonds is 4. The molecule has 2 rings (SSSR count). The number of nitrogens with zero attached hydrogens (tertiary/aromatic N) is 1. The molecule has 6 nitrogen and oxygen atoms in total. The van der Waals surface area contributed by atoms with E-state index in [0.717, 1.165) is 4.90 Å². The Morgan fingerprint density at radius 3 is 2.00 bits per heavy atom. The van der Waals surface area contributed by atoms with Gasteiger partial charge in [-0.05, 0) is 77.4 Å². The Kier molecular flexibility index (Phi) is 7.54. The Morgan fingerprint density at radius 2 is 1.52 bits per heavy atom. The van der Waals surface area contributed by atoms with Gasteiger partial charge in [-0.15, -0.1) is 0 Å². The lowest BCUT2D eigenvalue weighted by Gasteiger charge is -2.28. The third kappa shape index (κ3) is 7.75. The zero-order chi connectivity index (χ0) is 23.4. The molecule has 0 fully saturated rings. The van der Waals surface area contributed by atoms with Crippen LogP contribution in [0.5, 0.6) is 5.75 Å². The fourth-order valence-electron chi connectivity index (χ4n) is 2.43. The number of benzene rings is 2. The molecule has 0 aliphatic rings. The molecule has 0 bridgehead atoms. The van der Waals surface area contributed by atoms with Gasteiger partial charge in [-0.1, -0.05) is 23.7 Å². The number of carbonyl (C=O) groups is 2. The Labute approximate surface area is 186 Å². The van der Waals surface area contributed by atoms with Crippen molar-refractivity contribution < 1.29 is 28.2 Å². The summed E-state index contributed by atoms with van der Waals surface area (Å²) in [5, 5.41) is 0.158. The number of amides is 2. The summed E-state index contributed by atoms with van der Waals surface area (Å²) in [7, 11) is 0. The summed E-state index contributed by atoms with van der Waals surface area (Å²) < 4.78 is 29.7. The van der Waals surface area contributed by atoms with Gasteiger partial charge < -0.3 is 14.2 Å². The Hall–Kier alpha value is -2.80. The minimum Gasteiger partial charge on any atom is -0.487 e. The second-order valence-corrected chi connectivity index (χ2v) is 9.24. The molecular formula is C23H27ClFNO5. The summed E-state index contributed by atoms with van der Waals surface area (Å²) in [5.74, 6) is -0.0593. The molecule has 0 saturated carbocycles. The first-order chi connectivity index (χ1) is 14.2. The Balaban J connectivity index is 2.27. The average molecular weight is 452 g/mol. The van der Waals surface area contributed by atoms with Crippen LogP contribution in [0.15, 0.2) is 42.5 Å². The summed E-state index contributed by atoms with van der Waals surface area (Å²) in [6.45, 7) is 10.2. The van der Waals surface area contributed by atoms with Gasteiger partial charge >= 0.3 is 12.2 Å². The number of hydrogen-bond donors (Lipinski definition) is 0. The zero-order valence-electron chi connectivity index (χ0n) is 18.5. The van der Waals surface area contributed by atoms with E-state index in [1.54, 1.807) is 53.7 Å². The van der Waals surface area contributed by atoms with Crippen LogP contribution in [0.2, 0.25) is 5.02 Å². The van der Waals surface area contributed by atoms with Gasteiger partial charge in [0, 0.05) is 0 Å². The first-order valence-corrected chi connectivity index (χ1v) is 10.1. The predicted octanol–water partition coefficient (Wildman–Crippen LogP) is 6.73. The summed E-state index contributed by atoms with van der Waals surface area (Å²) in [6, 6.07) is 10.4. The molecule has 0 unspecified atom stereocenters. The fraction of sp³-hybridized carbons (Fsp3) is 0.391. The number of imide groups is 1. The van der Waals surface area contributed by atoms with Crippen LogP contribution in [0.1, 0.15) is 47.1 Å². The molecular weight excluding hydrogens is 425 g/mol. The van der Waals surface area contributed by atoms with Crippen molar-refractivity contribution in [2.24, 2.45) is 0 Å². The maximum Gasteiger partial charge on any atom is 0.424 e. The van der Waals surface area contributed by atoms with Gasteiger partial charge in [-0.3, -0.25) is 0 Å². The molecule has 31 heavy (non-hydrogen) atoms. The first-order valence-electron chi connectivity index (χ1n) is 9.68. The molecule has 2 aromatic rings. The highest BCUT2D eigenvalue weighted by Crippen LogP contribution is 2.31. The Morgan fingerprint density at radius 1 is 0.935 bits per heavy atom. The van der Waals surface area contributed by atoms with Crippen LogP contribution in [-0.4, -0.2) is 23.4 Å². The highest BCUT2D eigenvalue weighted by Gasteiger charge is 2.33. The van der Waals surface area contributed by atoms with Crippen molar-refractivity contribution in [1.29, 1.82) is 0 Å². The van der Waals surface area contributed by atoms with Crippen LogP contribution < -0.4 is 9.64 Å². The minimum atomic E-state index is -0.897. The number of halogens is 2. The van der Waals surface area contributed by atoms with E-state index in [-0.39, 0.29) is 23.1 Å². The molecule has 0 aliphatic carbocycles. The normalized spacial score (nSPS) is 11.6. The van der Waals surface area contributed by atoms with Crippen LogP contribution in [0.4, 0.5) is 19.7 Å². The van der Waals surface area contributed by atoms with Gasteiger partial charge in [-0.25, -0.2) is 14.0 Å². The maximum atomic E-state index is 13.3. The number of anilines is 1. The Bertz CT molecular complexity index is 922. The molecule has 8 heteroatoms. The third-order valence-corrected chi connectivity index (χ3v) is 3.90. The lowest BCUT2D eigenvalue weighted by atomic mass is 10.2. The van der Waals surface area contributed by atoms with Crippen molar-refractivity contribution in [3.8, 4) is 5.75 Å². The SMILES string of the molecule is CC(C)(C)OC(=O)N(C(=O)OC(C)(C)C)c1ccc(OCc2cccc(F)c2)c(Cl)c1. The third-order valence-electron chi connectivity index (χ3n) is 3.61. The summed E-state index contributed by atoms with van der Waals surface area (Å²) in [5.41, 5.74) is -0.861. The van der Waals surface area contributed by atoms with Crippen molar-refractivity contribution in [1.82, 2.24) is 0 Å². The molecule has 0 N–H and O–H groups in total. The fourth-order valence-corrected chi connectivity index (χ4v) is 2.66. The molecule has 168 valence electrons. The van der Waals surface area contributed by atoms with Crippen molar-refractivity contribution in [3.63, 3.8) is 0 Å². The monoisotopic (exact) mass is 451 g/mol. The highest BCUT2D eigenvalue weighted by atomic mass is 35.5. The largest absolute Gasteiger partial charge is 0.487 e. The molecule has 2 aromatic carbocycles. The van der Waals surface area contributed by atoms with E-state index in [1.165, 1.54) is 30.3 Å². The van der Waals surface area contributed by atoms with E-state index in [1.807, 2.05) is 0 Å². The molecule has 0 heterocycles. The molecule has 0 aromatic heterocycles. The summed E-state index contributed by atoms with van der Waals surface area (Å²) in [6.07, 6.45) is -1.79. The van der Waals surface area contributed by atoms with Gasteiger partial charge in [0.25, 0.3) is 0 Å². The van der Waals surface area contributed by atoms with Crippen molar-refractivity contribution in [2.75, 3.05) is 4.90 Å². The van der Waals surface area contributed by atoms with Crippen molar-refractivity contribution in [3.05, 3.63) is 58.9 Å². The van der Waals surface area contributed by atoms with Crippen LogP contribution >= 0.6 is 11.6 Å². The molecule has 0 atom stereocenters. The quantitative estimate of drug-likeness (QED) is 0.515. The van der Waals surface area contributed by atoms with Crippen LogP contribution in [0.25, 0.3) is 0 Å². The van der Waals surface area contributed by atoms with E-state index in [2.05, 4.69) is 0 Å². The van der Waals surface area contributed by atoms with Gasteiger partial charge in [0.2, 0.25) is 0 Å². The molecule has 2 amide bonds. The van der Waals surface area contributed by atoms with Crippen molar-refractivity contribution >= 4 is 29.5 Å². The molecule has 0 spiro atoms. The first kappa shape index (κ1) is 24.5. The minimum absolute atomic E-state index is 0.0959. The van der Waals surface area contributed by atoms with E-state index < -0.39 is 23.4 Å². The van der Waals surface area contributed by atoms with Crippen LogP contribution in [-0.2, 0) is 16.1 Å². The smallest absolute Gasteiger partial charge is 0.424 e. The van der Waals surface area contributed by atoms with E-state index in [9.17, 15) is 14.0 Å². The van der Waals surface area contributed by atoms with Gasteiger partial charge in [0.1, 0.15) is 29.4 Å². The number of hydrogen-bond acceptors (Lipinski definition) is 5. The molecule has 0 radical (unpaired) electrons. The second-order valence-electron chi connectivity index (χ2n) is 8.83. The van der Waals surface area contributed by atoms with Crippen molar-refractivity contribution in [2.45, 2.75) is 59.4 Å². The standard InChI is InChI=1S/C23H27ClFNO5/c1-22(2,3)30-20(27)26(21(28)31-23(4,5)6)17-10-11-19(18(24)13-17)29-14-15-8-7-9-16(25)12-15/h7-13H,14H2,1-6H3. The molecule has 0 saturated heterocycles.